The van der Waals surface area contributed by atoms with Crippen LogP contribution in [-0.4, -0.2) is 29.6 Å². The molecule has 0 fully saturated rings. The summed E-state index contributed by atoms with van der Waals surface area (Å²) in [7, 11) is 7.00. The van der Waals surface area contributed by atoms with Crippen molar-refractivity contribution in [3.8, 4) is 0 Å². The van der Waals surface area contributed by atoms with Crippen molar-refractivity contribution >= 4 is 29.6 Å². The highest BCUT2D eigenvalue weighted by atomic mass is 12.4. The van der Waals surface area contributed by atoms with E-state index in [9.17, 15) is 0 Å². The van der Waals surface area contributed by atoms with Crippen LogP contribution in [0.25, 0.3) is 0 Å². The van der Waals surface area contributed by atoms with Crippen LogP contribution in [0.5, 0.6) is 0 Å². The molecule has 0 aromatic heterocycles. The number of rotatable bonds is 1. The number of hydrogen-bond donors (Lipinski definition) is 0. The molecular weight excluding hydrogens is 43.2 g/mol. The van der Waals surface area contributed by atoms with E-state index in [2.05, 4.69) is 15.5 Å². The highest BCUT2D eigenvalue weighted by Crippen LogP contribution is 1.24. The monoisotopic (exact) mass is 50.1 g/mol. The van der Waals surface area contributed by atoms with Crippen molar-refractivity contribution in [3.63, 3.8) is 0 Å². The van der Waals surface area contributed by atoms with Crippen LogP contribution in [0.2, 0.25) is 0 Å². The second-order valence-electron chi connectivity index (χ2n) is 1.000. The van der Waals surface area contributed by atoms with Gasteiger partial charge in [-0.05, 0) is 0 Å². The highest BCUT2D eigenvalue weighted by Gasteiger charge is 1.67. The standard InChI is InChI=1S/B4H6/c1-3-4-2/h3-4H,1-2H2. The van der Waals surface area contributed by atoms with Gasteiger partial charge in [-0.25, -0.2) is 0 Å². The summed E-state index contributed by atoms with van der Waals surface area (Å²) in [6, 6.07) is 0. The van der Waals surface area contributed by atoms with Crippen molar-refractivity contribution in [2.75, 3.05) is 0 Å². The summed E-state index contributed by atoms with van der Waals surface area (Å²) < 4.78 is 0. The van der Waals surface area contributed by atoms with Gasteiger partial charge in [-0.15, -0.1) is 0 Å². The maximum atomic E-state index is 2.18. The maximum Gasteiger partial charge on any atom is 0.0598 e. The van der Waals surface area contributed by atoms with Crippen LogP contribution in [-0.2, 0) is 0 Å². The van der Waals surface area contributed by atoms with Gasteiger partial charge in [0.15, 0.2) is 0 Å². The Balaban J connectivity index is 1.97. The summed E-state index contributed by atoms with van der Waals surface area (Å²) in [4.78, 5) is 0. The molecule has 0 radical (unpaired) electrons. The summed E-state index contributed by atoms with van der Waals surface area (Å²) in [5.74, 6) is 0. The quantitative estimate of drug-likeness (QED) is 0.275. The Morgan fingerprint density at radius 3 is 1.25 bits per heavy atom. The van der Waals surface area contributed by atoms with Crippen molar-refractivity contribution in [2.24, 2.45) is 0 Å². The van der Waals surface area contributed by atoms with E-state index in [1.54, 1.807) is 0 Å². The zero-order chi connectivity index (χ0) is 3.41. The van der Waals surface area contributed by atoms with E-state index in [4.69, 9.17) is 0 Å². The van der Waals surface area contributed by atoms with Crippen molar-refractivity contribution < 1.29 is 0 Å². The summed E-state index contributed by atoms with van der Waals surface area (Å²) in [6.07, 6.45) is 0. The predicted molar refractivity (Wildman–Crippen MR) is 31.4 cm³/mol. The van der Waals surface area contributed by atoms with E-state index in [0.29, 0.717) is 0 Å². The van der Waals surface area contributed by atoms with E-state index in [1.165, 1.54) is 14.1 Å². The third kappa shape index (κ3) is 2.26. The molecule has 0 spiro atoms. The molecule has 0 aliphatic heterocycles. The van der Waals surface area contributed by atoms with Crippen LogP contribution >= 0.6 is 0 Å². The SMILES string of the molecule is BBBB. The van der Waals surface area contributed by atoms with E-state index in [1.807, 2.05) is 0 Å². The minimum atomic E-state index is 1.32. The van der Waals surface area contributed by atoms with Crippen molar-refractivity contribution in [2.45, 2.75) is 0 Å². The molecule has 0 saturated heterocycles. The fourth-order valence-electron chi connectivity index (χ4n) is 0. The van der Waals surface area contributed by atoms with Crippen LogP contribution in [0, 0.1) is 0 Å². The molecule has 0 unspecified atom stereocenters. The molecule has 0 amide bonds. The first-order valence-corrected chi connectivity index (χ1v) is 1.91. The van der Waals surface area contributed by atoms with Gasteiger partial charge in [0.05, 0.1) is 15.5 Å². The van der Waals surface area contributed by atoms with Gasteiger partial charge in [0.2, 0.25) is 0 Å². The lowest BCUT2D eigenvalue weighted by Crippen LogP contribution is -2.00. The molecular formula is H6B4. The number of hydrogen-bond acceptors (Lipinski definition) is 0. The van der Waals surface area contributed by atoms with Gasteiger partial charge in [-0.1, -0.05) is 0 Å². The molecule has 18 valence electrons. The predicted octanol–water partition coefficient (Wildman–Crippen LogP) is -3.13. The van der Waals surface area contributed by atoms with Crippen molar-refractivity contribution in [1.29, 1.82) is 0 Å². The van der Waals surface area contributed by atoms with Crippen LogP contribution < -0.4 is 0 Å². The van der Waals surface area contributed by atoms with Gasteiger partial charge in [0.25, 0.3) is 0 Å². The first kappa shape index (κ1) is 4.26. The second-order valence-corrected chi connectivity index (χ2v) is 1.000. The average Bonchev–Trinajstić information content (AvgIpc) is 1.37. The van der Waals surface area contributed by atoms with Gasteiger partial charge in [0.1, 0.15) is 0 Å². The topological polar surface area (TPSA) is 0 Å². The normalized spacial score (nSPS) is 5.00. The molecule has 0 atom stereocenters. The van der Waals surface area contributed by atoms with E-state index in [0.717, 1.165) is 0 Å². The Labute approximate surface area is 30.6 Å². The molecule has 0 nitrogen and oxygen atoms in total. The summed E-state index contributed by atoms with van der Waals surface area (Å²) in [6.45, 7) is 0. The minimum Gasteiger partial charge on any atom is 0.0429 e. The van der Waals surface area contributed by atoms with Crippen LogP contribution in [0.4, 0.5) is 0 Å². The van der Waals surface area contributed by atoms with Crippen molar-refractivity contribution in [1.82, 2.24) is 0 Å². The first-order valence-electron chi connectivity index (χ1n) is 1.91. The Kier molecular flexibility index (Phi) is 3.47. The molecule has 0 aliphatic rings. The third-order valence-corrected chi connectivity index (χ3v) is 0.500. The molecule has 0 aromatic rings. The molecule has 0 N–H and O–H groups in total. The van der Waals surface area contributed by atoms with Gasteiger partial charge in [-0.2, -0.15) is 0 Å². The third-order valence-electron chi connectivity index (χ3n) is 0.500. The van der Waals surface area contributed by atoms with Crippen LogP contribution in [0.1, 0.15) is 0 Å². The molecule has 4 heavy (non-hydrogen) atoms. The second kappa shape index (κ2) is 3.26. The zero-order valence-electron chi connectivity index (χ0n) is 3.41. The Hall–Kier alpha value is 0.260. The molecule has 0 aliphatic carbocycles. The van der Waals surface area contributed by atoms with Crippen LogP contribution in [0.15, 0.2) is 0 Å². The smallest absolute Gasteiger partial charge is 0.0429 e. The molecule has 4 heteroatoms. The lowest BCUT2D eigenvalue weighted by atomic mass is 9.19. The molecule has 0 rings (SSSR count). The fourth-order valence-corrected chi connectivity index (χ4v) is 0. The minimum absolute atomic E-state index is 1.32. The van der Waals surface area contributed by atoms with Gasteiger partial charge in [0, 0.05) is 14.1 Å². The molecule has 0 bridgehead atoms. The highest BCUT2D eigenvalue weighted by molar-refractivity contribution is 7.37. The first-order chi connectivity index (χ1) is 1.91. The van der Waals surface area contributed by atoms with Crippen molar-refractivity contribution in [3.05, 3.63) is 0 Å². The fraction of sp³-hybridized carbons (Fsp3) is 0. The molecule has 0 aromatic carbocycles. The molecule has 0 heterocycles. The lowest BCUT2D eigenvalue weighted by Gasteiger charge is -1.57. The van der Waals surface area contributed by atoms with Gasteiger partial charge in [-0.3, -0.25) is 0 Å². The summed E-state index contributed by atoms with van der Waals surface area (Å²) >= 11 is 0. The lowest BCUT2D eigenvalue weighted by molar-refractivity contribution is 4.14. The van der Waals surface area contributed by atoms with Gasteiger partial charge < -0.3 is 0 Å². The average molecular weight is 49.3 g/mol. The Morgan fingerprint density at radius 2 is 1.25 bits per heavy atom. The van der Waals surface area contributed by atoms with E-state index in [-0.39, 0.29) is 0 Å². The summed E-state index contributed by atoms with van der Waals surface area (Å²) in [5, 5.41) is 0. The van der Waals surface area contributed by atoms with E-state index < -0.39 is 0 Å². The largest absolute Gasteiger partial charge is 0.0598 e. The van der Waals surface area contributed by atoms with Gasteiger partial charge >= 0.3 is 0 Å². The van der Waals surface area contributed by atoms with E-state index >= 15 is 0 Å². The zero-order valence-corrected chi connectivity index (χ0v) is 3.41. The summed E-state index contributed by atoms with van der Waals surface area (Å²) in [5.41, 5.74) is 0. The molecule has 0 saturated carbocycles. The Morgan fingerprint density at radius 1 is 1.00 bits per heavy atom. The Bertz CT molecular complexity index is 2.00. The maximum absolute atomic E-state index is 2.18. The van der Waals surface area contributed by atoms with Crippen LogP contribution in [0.3, 0.4) is 0 Å².